The maximum Gasteiger partial charge on any atom is 0.0768 e. The van der Waals surface area contributed by atoms with E-state index in [0.717, 1.165) is 13.0 Å². The molecule has 0 bridgehead atoms. The van der Waals surface area contributed by atoms with Gasteiger partial charge in [-0.2, -0.15) is 0 Å². The number of hydrogen-bond donors (Lipinski definition) is 1. The maximum absolute atomic E-state index is 10.2. The Morgan fingerprint density at radius 2 is 1.64 bits per heavy atom. The van der Waals surface area contributed by atoms with Gasteiger partial charge in [0.2, 0.25) is 0 Å². The predicted octanol–water partition coefficient (Wildman–Crippen LogP) is 2.51. The number of β-amino-alcohol motifs (C(OH)–C–C–N with tert-alkyl or cyclic N) is 1. The van der Waals surface area contributed by atoms with Crippen molar-refractivity contribution in [1.29, 1.82) is 0 Å². The molecule has 1 unspecified atom stereocenters. The van der Waals surface area contributed by atoms with E-state index in [4.69, 9.17) is 0 Å². The van der Waals surface area contributed by atoms with Gasteiger partial charge in [-0.25, -0.2) is 0 Å². The van der Waals surface area contributed by atoms with Crippen LogP contribution < -0.4 is 0 Å². The van der Waals surface area contributed by atoms with Crippen LogP contribution in [0, 0.1) is 5.92 Å². The lowest BCUT2D eigenvalue weighted by Crippen LogP contribution is -2.50. The Kier molecular flexibility index (Phi) is 4.60. The number of rotatable bonds is 5. The van der Waals surface area contributed by atoms with Gasteiger partial charge in [0, 0.05) is 12.1 Å². The van der Waals surface area contributed by atoms with E-state index in [1.807, 2.05) is 6.92 Å². The van der Waals surface area contributed by atoms with Gasteiger partial charge in [-0.3, -0.25) is 4.90 Å². The molecule has 86 valence electrons. The average molecular weight is 201 g/mol. The molecule has 0 saturated carbocycles. The van der Waals surface area contributed by atoms with Crippen molar-refractivity contribution in [2.45, 2.75) is 59.1 Å². The summed E-state index contributed by atoms with van der Waals surface area (Å²) >= 11 is 0. The standard InChI is InChI=1S/C12H27NO/c1-8-11(4,5)13(7)9-12(6,14)10(2)3/h10,14H,8-9H2,1-7H3. The summed E-state index contributed by atoms with van der Waals surface area (Å²) in [5.41, 5.74) is -0.430. The summed E-state index contributed by atoms with van der Waals surface area (Å²) in [7, 11) is 2.08. The van der Waals surface area contributed by atoms with Gasteiger partial charge in [0.25, 0.3) is 0 Å². The van der Waals surface area contributed by atoms with E-state index < -0.39 is 5.60 Å². The predicted molar refractivity (Wildman–Crippen MR) is 62.5 cm³/mol. The fourth-order valence-corrected chi connectivity index (χ4v) is 1.15. The van der Waals surface area contributed by atoms with Gasteiger partial charge in [0.15, 0.2) is 0 Å². The Balaban J connectivity index is 4.39. The molecule has 0 aliphatic heterocycles. The zero-order valence-electron chi connectivity index (χ0n) is 10.9. The van der Waals surface area contributed by atoms with E-state index in [-0.39, 0.29) is 11.5 Å². The summed E-state index contributed by atoms with van der Waals surface area (Å²) in [5.74, 6) is 0.289. The van der Waals surface area contributed by atoms with Crippen LogP contribution in [0.3, 0.4) is 0 Å². The molecule has 0 fully saturated rings. The molecule has 0 aromatic heterocycles. The number of hydrogen-bond acceptors (Lipinski definition) is 2. The van der Waals surface area contributed by atoms with Gasteiger partial charge in [-0.05, 0) is 40.2 Å². The van der Waals surface area contributed by atoms with Gasteiger partial charge < -0.3 is 5.11 Å². The molecular formula is C12H27NO. The Morgan fingerprint density at radius 1 is 1.21 bits per heavy atom. The van der Waals surface area contributed by atoms with Crippen LogP contribution in [0.5, 0.6) is 0 Å². The van der Waals surface area contributed by atoms with Crippen molar-refractivity contribution in [1.82, 2.24) is 4.90 Å². The summed E-state index contributed by atoms with van der Waals surface area (Å²) in [6, 6.07) is 0. The molecule has 0 aliphatic rings. The molecule has 0 aromatic carbocycles. The van der Waals surface area contributed by atoms with Crippen molar-refractivity contribution >= 4 is 0 Å². The van der Waals surface area contributed by atoms with Gasteiger partial charge in [-0.1, -0.05) is 20.8 Å². The lowest BCUT2D eigenvalue weighted by atomic mass is 9.89. The van der Waals surface area contributed by atoms with Gasteiger partial charge in [-0.15, -0.1) is 0 Å². The van der Waals surface area contributed by atoms with Crippen molar-refractivity contribution in [3.63, 3.8) is 0 Å². The summed E-state index contributed by atoms with van der Waals surface area (Å²) in [5, 5.41) is 10.2. The quantitative estimate of drug-likeness (QED) is 0.739. The van der Waals surface area contributed by atoms with Crippen LogP contribution in [-0.4, -0.2) is 34.7 Å². The minimum atomic E-state index is -0.596. The third-order valence-electron chi connectivity index (χ3n) is 3.70. The molecule has 1 N–H and O–H groups in total. The second kappa shape index (κ2) is 4.63. The third kappa shape index (κ3) is 3.58. The fourth-order valence-electron chi connectivity index (χ4n) is 1.15. The number of likely N-dealkylation sites (N-methyl/N-ethyl adjacent to an activating group) is 1. The zero-order valence-corrected chi connectivity index (χ0v) is 10.9. The van der Waals surface area contributed by atoms with Crippen molar-refractivity contribution in [2.24, 2.45) is 5.92 Å². The largest absolute Gasteiger partial charge is 0.389 e. The molecule has 0 amide bonds. The molecule has 0 aliphatic carbocycles. The highest BCUT2D eigenvalue weighted by Gasteiger charge is 2.31. The second-order valence-corrected chi connectivity index (χ2v) is 5.53. The van der Waals surface area contributed by atoms with E-state index in [1.54, 1.807) is 0 Å². The topological polar surface area (TPSA) is 23.5 Å². The van der Waals surface area contributed by atoms with Crippen LogP contribution in [0.25, 0.3) is 0 Å². The lowest BCUT2D eigenvalue weighted by molar-refractivity contribution is -0.0353. The number of aliphatic hydroxyl groups is 1. The molecule has 0 spiro atoms. The van der Waals surface area contributed by atoms with Crippen LogP contribution in [0.1, 0.15) is 48.0 Å². The summed E-state index contributed by atoms with van der Waals surface area (Å²) in [6.45, 7) is 13.4. The van der Waals surface area contributed by atoms with Crippen molar-refractivity contribution in [3.8, 4) is 0 Å². The van der Waals surface area contributed by atoms with Crippen molar-refractivity contribution in [3.05, 3.63) is 0 Å². The molecule has 0 heterocycles. The first-order valence-electron chi connectivity index (χ1n) is 5.57. The van der Waals surface area contributed by atoms with E-state index in [2.05, 4.69) is 46.6 Å². The second-order valence-electron chi connectivity index (χ2n) is 5.53. The Bertz CT molecular complexity index is 173. The molecular weight excluding hydrogens is 174 g/mol. The fraction of sp³-hybridized carbons (Fsp3) is 1.00. The minimum Gasteiger partial charge on any atom is -0.389 e. The normalized spacial score (nSPS) is 17.6. The first kappa shape index (κ1) is 13.9. The Labute approximate surface area is 89.3 Å². The Hall–Kier alpha value is -0.0800. The zero-order chi connectivity index (χ0) is 11.6. The SMILES string of the molecule is CCC(C)(C)N(C)CC(C)(O)C(C)C. The first-order chi connectivity index (χ1) is 6.13. The van der Waals surface area contributed by atoms with E-state index in [1.165, 1.54) is 0 Å². The lowest BCUT2D eigenvalue weighted by Gasteiger charge is -2.41. The van der Waals surface area contributed by atoms with Gasteiger partial charge in [0.1, 0.15) is 0 Å². The van der Waals surface area contributed by atoms with Gasteiger partial charge in [0.05, 0.1) is 5.60 Å². The minimum absolute atomic E-state index is 0.166. The van der Waals surface area contributed by atoms with Crippen molar-refractivity contribution in [2.75, 3.05) is 13.6 Å². The highest BCUT2D eigenvalue weighted by atomic mass is 16.3. The van der Waals surface area contributed by atoms with E-state index in [9.17, 15) is 5.11 Å². The van der Waals surface area contributed by atoms with Gasteiger partial charge >= 0.3 is 0 Å². The third-order valence-corrected chi connectivity index (χ3v) is 3.70. The van der Waals surface area contributed by atoms with Crippen molar-refractivity contribution < 1.29 is 5.11 Å². The van der Waals surface area contributed by atoms with Crippen LogP contribution >= 0.6 is 0 Å². The molecule has 2 nitrogen and oxygen atoms in total. The monoisotopic (exact) mass is 201 g/mol. The van der Waals surface area contributed by atoms with Crippen LogP contribution in [0.15, 0.2) is 0 Å². The molecule has 14 heavy (non-hydrogen) atoms. The van der Waals surface area contributed by atoms with Crippen LogP contribution in [0.2, 0.25) is 0 Å². The molecule has 0 rings (SSSR count). The smallest absolute Gasteiger partial charge is 0.0768 e. The molecule has 2 heteroatoms. The molecule has 1 atom stereocenters. The Morgan fingerprint density at radius 3 is 1.93 bits per heavy atom. The number of nitrogens with zero attached hydrogens (tertiary/aromatic N) is 1. The summed E-state index contributed by atoms with van der Waals surface area (Å²) in [6.07, 6.45) is 1.09. The maximum atomic E-state index is 10.2. The highest BCUT2D eigenvalue weighted by molar-refractivity contribution is 4.86. The van der Waals surface area contributed by atoms with Crippen LogP contribution in [0.4, 0.5) is 0 Å². The van der Waals surface area contributed by atoms with E-state index >= 15 is 0 Å². The molecule has 0 aromatic rings. The summed E-state index contributed by atoms with van der Waals surface area (Å²) < 4.78 is 0. The summed E-state index contributed by atoms with van der Waals surface area (Å²) in [4.78, 5) is 2.24. The van der Waals surface area contributed by atoms with Crippen LogP contribution in [-0.2, 0) is 0 Å². The molecule has 0 radical (unpaired) electrons. The van der Waals surface area contributed by atoms with E-state index in [0.29, 0.717) is 0 Å². The average Bonchev–Trinajstić information content (AvgIpc) is 2.03. The highest BCUT2D eigenvalue weighted by Crippen LogP contribution is 2.23. The first-order valence-corrected chi connectivity index (χ1v) is 5.57. The molecule has 0 saturated heterocycles.